The van der Waals surface area contributed by atoms with Crippen molar-refractivity contribution < 1.29 is 19.1 Å². The van der Waals surface area contributed by atoms with Crippen molar-refractivity contribution in [2.45, 2.75) is 52.0 Å². The molecule has 0 bridgehead atoms. The van der Waals surface area contributed by atoms with E-state index in [9.17, 15) is 14.4 Å². The highest BCUT2D eigenvalue weighted by Crippen LogP contribution is 2.44. The Balaban J connectivity index is 1.55. The van der Waals surface area contributed by atoms with Gasteiger partial charge in [0, 0.05) is 17.8 Å². The van der Waals surface area contributed by atoms with Gasteiger partial charge < -0.3 is 26.4 Å². The number of nitrogens with two attached hydrogens (primary N) is 1. The number of carbonyl (C=O) groups is 3. The lowest BCUT2D eigenvalue weighted by molar-refractivity contribution is -0.120. The van der Waals surface area contributed by atoms with E-state index in [-0.39, 0.29) is 17.2 Å². The molecule has 1 saturated heterocycles. The smallest absolute Gasteiger partial charge is 0.248 e. The molecule has 2 atom stereocenters. The highest BCUT2D eigenvalue weighted by molar-refractivity contribution is 6.08. The van der Waals surface area contributed by atoms with Gasteiger partial charge in [0.25, 0.3) is 0 Å². The fraction of sp³-hybridized carbons (Fsp3) is 0.423. The Morgan fingerprint density at radius 3 is 2.65 bits per heavy atom. The summed E-state index contributed by atoms with van der Waals surface area (Å²) in [5.41, 5.74) is 8.37. The summed E-state index contributed by atoms with van der Waals surface area (Å²) in [7, 11) is 0. The van der Waals surface area contributed by atoms with Gasteiger partial charge in [-0.25, -0.2) is 0 Å². The highest BCUT2D eigenvalue weighted by atomic mass is 16.5. The molecular weight excluding hydrogens is 432 g/mol. The number of rotatable bonds is 6. The van der Waals surface area contributed by atoms with Crippen LogP contribution in [0.25, 0.3) is 0 Å². The third-order valence-electron chi connectivity index (χ3n) is 6.36. The van der Waals surface area contributed by atoms with E-state index in [1.807, 2.05) is 13.0 Å². The molecule has 180 valence electrons. The quantitative estimate of drug-likeness (QED) is 0.524. The van der Waals surface area contributed by atoms with Crippen molar-refractivity contribution in [1.82, 2.24) is 5.32 Å². The summed E-state index contributed by atoms with van der Waals surface area (Å²) in [4.78, 5) is 37.7. The summed E-state index contributed by atoms with van der Waals surface area (Å²) < 4.78 is 5.59. The van der Waals surface area contributed by atoms with Gasteiger partial charge in [-0.3, -0.25) is 14.4 Å². The molecule has 0 saturated carbocycles. The second kappa shape index (κ2) is 8.76. The summed E-state index contributed by atoms with van der Waals surface area (Å²) in [6.45, 7) is 9.11. The highest BCUT2D eigenvalue weighted by Gasteiger charge is 2.53. The molecule has 3 amide bonds. The van der Waals surface area contributed by atoms with Gasteiger partial charge in [-0.05, 0) is 60.6 Å². The molecule has 0 radical (unpaired) electrons. The van der Waals surface area contributed by atoms with Gasteiger partial charge in [-0.2, -0.15) is 0 Å². The number of hydrogen-bond donors (Lipinski definition) is 4. The van der Waals surface area contributed by atoms with E-state index in [2.05, 4.69) is 48.9 Å². The fourth-order valence-electron chi connectivity index (χ4n) is 4.81. The summed E-state index contributed by atoms with van der Waals surface area (Å²) in [5, 5.41) is 9.12. The molecule has 1 spiro atoms. The molecule has 8 heteroatoms. The molecule has 2 aromatic carbocycles. The van der Waals surface area contributed by atoms with Crippen molar-refractivity contribution in [2.75, 3.05) is 23.8 Å². The first-order valence-corrected chi connectivity index (χ1v) is 11.6. The molecule has 2 aromatic rings. The average molecular weight is 465 g/mol. The van der Waals surface area contributed by atoms with Crippen LogP contribution in [-0.2, 0) is 21.4 Å². The van der Waals surface area contributed by atoms with E-state index in [4.69, 9.17) is 10.5 Å². The predicted molar refractivity (Wildman–Crippen MR) is 131 cm³/mol. The van der Waals surface area contributed by atoms with E-state index < -0.39 is 17.4 Å². The third-order valence-corrected chi connectivity index (χ3v) is 6.36. The minimum atomic E-state index is -0.788. The van der Waals surface area contributed by atoms with Crippen LogP contribution in [0.3, 0.4) is 0 Å². The fourth-order valence-corrected chi connectivity index (χ4v) is 4.81. The van der Waals surface area contributed by atoms with Crippen LogP contribution < -0.4 is 26.4 Å². The van der Waals surface area contributed by atoms with Crippen LogP contribution in [0.2, 0.25) is 0 Å². The maximum atomic E-state index is 13.2. The maximum Gasteiger partial charge on any atom is 0.248 e. The molecule has 1 fully saturated rings. The monoisotopic (exact) mass is 464 g/mol. The van der Waals surface area contributed by atoms with Crippen molar-refractivity contribution in [3.05, 3.63) is 53.1 Å². The van der Waals surface area contributed by atoms with Gasteiger partial charge in [0.15, 0.2) is 0 Å². The van der Waals surface area contributed by atoms with Crippen molar-refractivity contribution in [2.24, 2.45) is 11.1 Å². The molecule has 5 N–H and O–H groups in total. The van der Waals surface area contributed by atoms with Crippen LogP contribution in [-0.4, -0.2) is 36.9 Å². The Kier molecular flexibility index (Phi) is 6.12. The first kappa shape index (κ1) is 23.8. The van der Waals surface area contributed by atoms with E-state index in [0.29, 0.717) is 36.6 Å². The summed E-state index contributed by atoms with van der Waals surface area (Å²) in [6, 6.07) is 10.2. The van der Waals surface area contributed by atoms with Crippen LogP contribution in [0.1, 0.15) is 55.6 Å². The number of anilines is 2. The van der Waals surface area contributed by atoms with Gasteiger partial charge in [0.05, 0.1) is 23.8 Å². The SMILES string of the molecule is CCOc1cc(C(N)=O)ccc1NC(=O)C1CC2(CN1)C(=O)Nc1ccc(CC(C)(C)C)cc12. The zero-order chi connectivity index (χ0) is 24.7. The number of primary amides is 1. The lowest BCUT2D eigenvalue weighted by Crippen LogP contribution is -2.36. The largest absolute Gasteiger partial charge is 0.492 e. The molecule has 2 unspecified atom stereocenters. The molecule has 4 rings (SSSR count). The van der Waals surface area contributed by atoms with Crippen LogP contribution in [0.5, 0.6) is 5.75 Å². The van der Waals surface area contributed by atoms with Crippen LogP contribution in [0.15, 0.2) is 36.4 Å². The van der Waals surface area contributed by atoms with Crippen LogP contribution in [0.4, 0.5) is 11.4 Å². The maximum absolute atomic E-state index is 13.2. The molecule has 0 aliphatic carbocycles. The van der Waals surface area contributed by atoms with Gasteiger partial charge in [0.1, 0.15) is 5.75 Å². The van der Waals surface area contributed by atoms with Gasteiger partial charge in [-0.1, -0.05) is 32.9 Å². The molecule has 2 aliphatic heterocycles. The molecule has 2 heterocycles. The number of amides is 3. The average Bonchev–Trinajstić information content (AvgIpc) is 3.32. The van der Waals surface area contributed by atoms with Crippen molar-refractivity contribution >= 4 is 29.1 Å². The van der Waals surface area contributed by atoms with E-state index >= 15 is 0 Å². The summed E-state index contributed by atoms with van der Waals surface area (Å²) >= 11 is 0. The van der Waals surface area contributed by atoms with Crippen LogP contribution >= 0.6 is 0 Å². The molecule has 0 aromatic heterocycles. The Morgan fingerprint density at radius 2 is 1.97 bits per heavy atom. The minimum Gasteiger partial charge on any atom is -0.492 e. The standard InChI is InChI=1S/C26H32N4O4/c1-5-34-21-11-16(22(27)31)7-9-19(21)29-23(32)20-13-26(14-28-20)17-10-15(12-25(2,3)4)6-8-18(17)30-24(26)33/h6-11,20,28H,5,12-14H2,1-4H3,(H2,27,31)(H,29,32)(H,30,33). The van der Waals surface area contributed by atoms with Gasteiger partial charge in [0.2, 0.25) is 17.7 Å². The summed E-state index contributed by atoms with van der Waals surface area (Å²) in [6.07, 6.45) is 1.24. The number of fused-ring (bicyclic) bond motifs is 2. The minimum absolute atomic E-state index is 0.0842. The number of benzene rings is 2. The Hall–Kier alpha value is -3.39. The number of carbonyl (C=O) groups excluding carboxylic acids is 3. The Morgan fingerprint density at radius 1 is 1.21 bits per heavy atom. The normalized spacial score (nSPS) is 21.3. The molecular formula is C26H32N4O4. The lowest BCUT2D eigenvalue weighted by atomic mass is 9.78. The van der Waals surface area contributed by atoms with Crippen molar-refractivity contribution in [3.8, 4) is 5.75 Å². The molecule has 8 nitrogen and oxygen atoms in total. The number of nitrogens with one attached hydrogen (secondary N) is 3. The van der Waals surface area contributed by atoms with Crippen LogP contribution in [0, 0.1) is 5.41 Å². The Bertz CT molecular complexity index is 1150. The first-order chi connectivity index (χ1) is 16.0. The van der Waals surface area contributed by atoms with E-state index in [1.54, 1.807) is 12.1 Å². The number of ether oxygens (including phenoxy) is 1. The zero-order valence-electron chi connectivity index (χ0n) is 20.1. The van der Waals surface area contributed by atoms with E-state index in [0.717, 1.165) is 17.7 Å². The zero-order valence-corrected chi connectivity index (χ0v) is 20.1. The topological polar surface area (TPSA) is 123 Å². The van der Waals surface area contributed by atoms with E-state index in [1.165, 1.54) is 11.6 Å². The Labute approximate surface area is 199 Å². The second-order valence-electron chi connectivity index (χ2n) is 10.3. The van der Waals surface area contributed by atoms with Crippen molar-refractivity contribution in [1.29, 1.82) is 0 Å². The second-order valence-corrected chi connectivity index (χ2v) is 10.3. The molecule has 34 heavy (non-hydrogen) atoms. The molecule has 2 aliphatic rings. The summed E-state index contributed by atoms with van der Waals surface area (Å²) in [5.74, 6) is -0.554. The lowest BCUT2D eigenvalue weighted by Gasteiger charge is -2.23. The first-order valence-electron chi connectivity index (χ1n) is 11.6. The number of hydrogen-bond acceptors (Lipinski definition) is 5. The van der Waals surface area contributed by atoms with Crippen molar-refractivity contribution in [3.63, 3.8) is 0 Å². The van der Waals surface area contributed by atoms with Gasteiger partial charge >= 0.3 is 0 Å². The van der Waals surface area contributed by atoms with Gasteiger partial charge in [-0.15, -0.1) is 0 Å². The third kappa shape index (κ3) is 4.50. The predicted octanol–water partition coefficient (Wildman–Crippen LogP) is 2.96.